The smallest absolute Gasteiger partial charge is 0.131 e. The van der Waals surface area contributed by atoms with Crippen LogP contribution >= 0.6 is 0 Å². The lowest BCUT2D eigenvalue weighted by atomic mass is 9.91. The van der Waals surface area contributed by atoms with Gasteiger partial charge < -0.3 is 10.2 Å². The van der Waals surface area contributed by atoms with Gasteiger partial charge in [0.15, 0.2) is 0 Å². The Hall–Kier alpha value is -1.09. The van der Waals surface area contributed by atoms with Gasteiger partial charge in [0.05, 0.1) is 0 Å². The average molecular weight is 245 g/mol. The van der Waals surface area contributed by atoms with Crippen molar-refractivity contribution in [2.24, 2.45) is 0 Å². The van der Waals surface area contributed by atoms with Crippen molar-refractivity contribution in [3.63, 3.8) is 0 Å². The molecule has 1 aromatic heterocycles. The Kier molecular flexibility index (Phi) is 3.25. The zero-order chi connectivity index (χ0) is 12.5. The van der Waals surface area contributed by atoms with Gasteiger partial charge in [-0.2, -0.15) is 0 Å². The summed E-state index contributed by atoms with van der Waals surface area (Å²) >= 11 is 0. The third-order valence-electron chi connectivity index (χ3n) is 4.24. The van der Waals surface area contributed by atoms with Crippen LogP contribution in [0.4, 0.5) is 5.82 Å². The van der Waals surface area contributed by atoms with E-state index in [0.29, 0.717) is 6.04 Å². The molecule has 18 heavy (non-hydrogen) atoms. The lowest BCUT2D eigenvalue weighted by Gasteiger charge is -2.36. The van der Waals surface area contributed by atoms with Crippen molar-refractivity contribution < 1.29 is 0 Å². The number of hydrogen-bond acceptors (Lipinski definition) is 3. The van der Waals surface area contributed by atoms with Crippen molar-refractivity contribution in [2.75, 3.05) is 11.9 Å². The molecule has 0 aliphatic heterocycles. The van der Waals surface area contributed by atoms with Gasteiger partial charge >= 0.3 is 0 Å². The molecular weight excluding hydrogens is 222 g/mol. The minimum atomic E-state index is 0.714. The maximum absolute atomic E-state index is 4.67. The number of pyridine rings is 1. The van der Waals surface area contributed by atoms with Crippen LogP contribution < -0.4 is 10.2 Å². The van der Waals surface area contributed by atoms with Gasteiger partial charge in [0, 0.05) is 31.9 Å². The SMILES string of the molecule is Cc1cc(CNC2CC2)cnc1N(C)C1CCC1. The van der Waals surface area contributed by atoms with E-state index in [2.05, 4.69) is 35.2 Å². The Morgan fingerprint density at radius 3 is 2.67 bits per heavy atom. The molecule has 3 rings (SSSR count). The van der Waals surface area contributed by atoms with Crippen LogP contribution in [0.5, 0.6) is 0 Å². The molecular formula is C15H23N3. The fourth-order valence-electron chi connectivity index (χ4n) is 2.59. The highest BCUT2D eigenvalue weighted by Gasteiger charge is 2.24. The van der Waals surface area contributed by atoms with Crippen molar-refractivity contribution in [1.29, 1.82) is 0 Å². The fourth-order valence-corrected chi connectivity index (χ4v) is 2.59. The van der Waals surface area contributed by atoms with Crippen LogP contribution in [0.1, 0.15) is 43.2 Å². The summed E-state index contributed by atoms with van der Waals surface area (Å²) in [6.07, 6.45) is 8.74. The first kappa shape index (κ1) is 12.0. The van der Waals surface area contributed by atoms with E-state index >= 15 is 0 Å². The molecule has 1 heterocycles. The summed E-state index contributed by atoms with van der Waals surface area (Å²) in [5.74, 6) is 1.16. The third-order valence-corrected chi connectivity index (χ3v) is 4.24. The van der Waals surface area contributed by atoms with Gasteiger partial charge in [0.2, 0.25) is 0 Å². The highest BCUT2D eigenvalue weighted by Crippen LogP contribution is 2.29. The molecule has 98 valence electrons. The molecule has 0 unspecified atom stereocenters. The third kappa shape index (κ3) is 2.51. The van der Waals surface area contributed by atoms with E-state index in [-0.39, 0.29) is 0 Å². The molecule has 1 aromatic rings. The average Bonchev–Trinajstić information content (AvgIpc) is 3.07. The Morgan fingerprint density at radius 1 is 1.33 bits per heavy atom. The Bertz CT molecular complexity index is 422. The topological polar surface area (TPSA) is 28.2 Å². The molecule has 2 fully saturated rings. The molecule has 2 aliphatic carbocycles. The van der Waals surface area contributed by atoms with Crippen molar-refractivity contribution in [1.82, 2.24) is 10.3 Å². The van der Waals surface area contributed by atoms with Gasteiger partial charge in [-0.25, -0.2) is 4.98 Å². The van der Waals surface area contributed by atoms with Gasteiger partial charge in [0.25, 0.3) is 0 Å². The predicted octanol–water partition coefficient (Wildman–Crippen LogP) is 2.63. The summed E-state index contributed by atoms with van der Waals surface area (Å²) in [5.41, 5.74) is 2.62. The zero-order valence-corrected chi connectivity index (χ0v) is 11.4. The summed E-state index contributed by atoms with van der Waals surface area (Å²) in [7, 11) is 2.18. The summed E-state index contributed by atoms with van der Waals surface area (Å²) in [6, 6.07) is 3.77. The van der Waals surface area contributed by atoms with Gasteiger partial charge in [-0.1, -0.05) is 0 Å². The minimum absolute atomic E-state index is 0.714. The van der Waals surface area contributed by atoms with Crippen LogP contribution in [0, 0.1) is 6.92 Å². The monoisotopic (exact) mass is 245 g/mol. The van der Waals surface area contributed by atoms with E-state index < -0.39 is 0 Å². The van der Waals surface area contributed by atoms with Crippen molar-refractivity contribution in [3.05, 3.63) is 23.4 Å². The summed E-state index contributed by atoms with van der Waals surface area (Å²) in [6.45, 7) is 3.14. The number of anilines is 1. The van der Waals surface area contributed by atoms with E-state index in [1.54, 1.807) is 0 Å². The summed E-state index contributed by atoms with van der Waals surface area (Å²) in [4.78, 5) is 7.02. The second-order valence-corrected chi connectivity index (χ2v) is 5.83. The minimum Gasteiger partial charge on any atom is -0.356 e. The van der Waals surface area contributed by atoms with Crippen molar-refractivity contribution >= 4 is 5.82 Å². The zero-order valence-electron chi connectivity index (χ0n) is 11.4. The van der Waals surface area contributed by atoms with Crippen molar-refractivity contribution in [3.8, 4) is 0 Å². The number of nitrogens with one attached hydrogen (secondary N) is 1. The van der Waals surface area contributed by atoms with Crippen molar-refractivity contribution in [2.45, 2.75) is 57.7 Å². The molecule has 1 N–H and O–H groups in total. The van der Waals surface area contributed by atoms with Gasteiger partial charge in [-0.3, -0.25) is 0 Å². The molecule has 0 bridgehead atoms. The van der Waals surface area contributed by atoms with Gasteiger partial charge in [-0.15, -0.1) is 0 Å². The van der Waals surface area contributed by atoms with Crippen LogP contribution in [-0.2, 0) is 6.54 Å². The maximum atomic E-state index is 4.67. The number of aryl methyl sites for hydroxylation is 1. The number of hydrogen-bond donors (Lipinski definition) is 1. The van der Waals surface area contributed by atoms with E-state index in [1.165, 1.54) is 43.2 Å². The Labute approximate surface area is 110 Å². The second kappa shape index (κ2) is 4.88. The number of rotatable bonds is 5. The second-order valence-electron chi connectivity index (χ2n) is 5.83. The Morgan fingerprint density at radius 2 is 2.11 bits per heavy atom. The first-order chi connectivity index (χ1) is 8.74. The normalized spacial score (nSPS) is 19.7. The molecule has 3 nitrogen and oxygen atoms in total. The first-order valence-corrected chi connectivity index (χ1v) is 7.16. The first-order valence-electron chi connectivity index (χ1n) is 7.16. The molecule has 2 saturated carbocycles. The van der Waals surface area contributed by atoms with E-state index in [4.69, 9.17) is 0 Å². The Balaban J connectivity index is 1.66. The number of aromatic nitrogens is 1. The van der Waals surface area contributed by atoms with Gasteiger partial charge in [0.1, 0.15) is 5.82 Å². The van der Waals surface area contributed by atoms with E-state index in [0.717, 1.165) is 18.4 Å². The van der Waals surface area contributed by atoms with Crippen LogP contribution in [-0.4, -0.2) is 24.1 Å². The largest absolute Gasteiger partial charge is 0.356 e. The quantitative estimate of drug-likeness (QED) is 0.864. The summed E-state index contributed by atoms with van der Waals surface area (Å²) < 4.78 is 0. The van der Waals surface area contributed by atoms with Crippen LogP contribution in [0.25, 0.3) is 0 Å². The maximum Gasteiger partial charge on any atom is 0.131 e. The van der Waals surface area contributed by atoms with E-state index in [9.17, 15) is 0 Å². The molecule has 0 amide bonds. The van der Waals surface area contributed by atoms with Crippen LogP contribution in [0.2, 0.25) is 0 Å². The molecule has 0 atom stereocenters. The molecule has 3 heteroatoms. The molecule has 0 aromatic carbocycles. The molecule has 0 radical (unpaired) electrons. The highest BCUT2D eigenvalue weighted by molar-refractivity contribution is 5.48. The predicted molar refractivity (Wildman–Crippen MR) is 74.9 cm³/mol. The van der Waals surface area contributed by atoms with Crippen LogP contribution in [0.15, 0.2) is 12.3 Å². The van der Waals surface area contributed by atoms with Gasteiger partial charge in [-0.05, 0) is 56.2 Å². The van der Waals surface area contributed by atoms with E-state index in [1.807, 2.05) is 6.20 Å². The standard InChI is InChI=1S/C15H23N3/c1-11-8-12(9-16-13-6-7-13)10-17-15(11)18(2)14-4-3-5-14/h8,10,13-14,16H,3-7,9H2,1-2H3. The molecule has 2 aliphatic rings. The lowest BCUT2D eigenvalue weighted by Crippen LogP contribution is -2.38. The number of nitrogens with zero attached hydrogens (tertiary/aromatic N) is 2. The lowest BCUT2D eigenvalue weighted by molar-refractivity contribution is 0.399. The van der Waals surface area contributed by atoms with Crippen LogP contribution in [0.3, 0.4) is 0 Å². The fraction of sp³-hybridized carbons (Fsp3) is 0.667. The molecule has 0 spiro atoms. The highest BCUT2D eigenvalue weighted by atomic mass is 15.2. The molecule has 0 saturated heterocycles. The summed E-state index contributed by atoms with van der Waals surface area (Å²) in [5, 5.41) is 3.54.